The Labute approximate surface area is 125 Å². The lowest BCUT2D eigenvalue weighted by atomic mass is 10.2. The number of aryl methyl sites for hydroxylation is 2. The average molecular weight is 304 g/mol. The molecule has 0 fully saturated rings. The maximum atomic E-state index is 11.4. The van der Waals surface area contributed by atoms with Crippen LogP contribution in [0.2, 0.25) is 0 Å². The molecule has 6 nitrogen and oxygen atoms in total. The lowest BCUT2D eigenvalue weighted by Gasteiger charge is -2.09. The molecular formula is C14H12N2O4S. The van der Waals surface area contributed by atoms with Crippen molar-refractivity contribution in [2.45, 2.75) is 23.6 Å². The van der Waals surface area contributed by atoms with Gasteiger partial charge in [0, 0.05) is 16.7 Å². The van der Waals surface area contributed by atoms with E-state index in [2.05, 4.69) is 4.98 Å². The van der Waals surface area contributed by atoms with Gasteiger partial charge in [-0.05, 0) is 26.0 Å². The average Bonchev–Trinajstić information content (AvgIpc) is 2.37. The predicted octanol–water partition coefficient (Wildman–Crippen LogP) is 3.46. The molecule has 0 aliphatic carbocycles. The van der Waals surface area contributed by atoms with Gasteiger partial charge in [0.1, 0.15) is 0 Å². The molecule has 21 heavy (non-hydrogen) atoms. The van der Waals surface area contributed by atoms with E-state index >= 15 is 0 Å². The number of hydrogen-bond donors (Lipinski definition) is 1. The van der Waals surface area contributed by atoms with E-state index in [0.29, 0.717) is 21.2 Å². The smallest absolute Gasteiger partial charge is 0.338 e. The molecule has 7 heteroatoms. The van der Waals surface area contributed by atoms with Crippen molar-refractivity contribution in [1.29, 1.82) is 0 Å². The minimum Gasteiger partial charge on any atom is -0.478 e. The SMILES string of the molecule is Cc1cc(Sc2ccccc2[N+](=O)[O-])c(C(=O)O)c(C)n1. The summed E-state index contributed by atoms with van der Waals surface area (Å²) in [6.45, 7) is 3.36. The summed E-state index contributed by atoms with van der Waals surface area (Å²) in [6, 6.07) is 7.86. The number of para-hydroxylation sites is 1. The van der Waals surface area contributed by atoms with E-state index in [1.54, 1.807) is 38.1 Å². The third kappa shape index (κ3) is 3.19. The van der Waals surface area contributed by atoms with Gasteiger partial charge in [0.05, 0.1) is 21.1 Å². The number of rotatable bonds is 4. The molecule has 1 N–H and O–H groups in total. The lowest BCUT2D eigenvalue weighted by Crippen LogP contribution is -2.05. The van der Waals surface area contributed by atoms with Gasteiger partial charge >= 0.3 is 5.97 Å². The van der Waals surface area contributed by atoms with Crippen LogP contribution in [-0.2, 0) is 0 Å². The maximum absolute atomic E-state index is 11.4. The van der Waals surface area contributed by atoms with Crippen molar-refractivity contribution in [3.05, 3.63) is 57.4 Å². The second-order valence-corrected chi connectivity index (χ2v) is 5.44. The van der Waals surface area contributed by atoms with Crippen LogP contribution in [0.4, 0.5) is 5.69 Å². The highest BCUT2D eigenvalue weighted by Gasteiger charge is 2.20. The number of carboxylic acid groups (broad SMARTS) is 1. The number of carboxylic acids is 1. The second-order valence-electron chi connectivity index (χ2n) is 4.35. The molecule has 0 saturated carbocycles. The van der Waals surface area contributed by atoms with Crippen molar-refractivity contribution in [2.75, 3.05) is 0 Å². The molecule has 0 amide bonds. The highest BCUT2D eigenvalue weighted by atomic mass is 32.2. The van der Waals surface area contributed by atoms with Crippen molar-refractivity contribution in [3.63, 3.8) is 0 Å². The molecular weight excluding hydrogens is 292 g/mol. The van der Waals surface area contributed by atoms with Crippen molar-refractivity contribution >= 4 is 23.4 Å². The standard InChI is InChI=1S/C14H12N2O4S/c1-8-7-12(13(14(17)18)9(2)15-8)21-11-6-4-3-5-10(11)16(19)20/h3-7H,1-2H3,(H,17,18). The van der Waals surface area contributed by atoms with Gasteiger partial charge in [0.25, 0.3) is 5.69 Å². The van der Waals surface area contributed by atoms with Crippen molar-refractivity contribution in [2.24, 2.45) is 0 Å². The number of nitro benzene ring substituents is 1. The molecule has 0 aliphatic rings. The molecule has 0 aliphatic heterocycles. The Morgan fingerprint density at radius 3 is 2.57 bits per heavy atom. The Morgan fingerprint density at radius 2 is 1.95 bits per heavy atom. The number of nitro groups is 1. The van der Waals surface area contributed by atoms with Gasteiger partial charge < -0.3 is 5.11 Å². The first-order chi connectivity index (χ1) is 9.90. The van der Waals surface area contributed by atoms with Crippen LogP contribution in [-0.4, -0.2) is 21.0 Å². The summed E-state index contributed by atoms with van der Waals surface area (Å²) in [7, 11) is 0. The normalized spacial score (nSPS) is 10.4. The molecule has 0 radical (unpaired) electrons. The van der Waals surface area contributed by atoms with E-state index < -0.39 is 10.9 Å². The van der Waals surface area contributed by atoms with E-state index in [4.69, 9.17) is 0 Å². The third-order valence-corrected chi connectivity index (χ3v) is 3.89. The summed E-state index contributed by atoms with van der Waals surface area (Å²) in [5.41, 5.74) is 1.08. The number of aromatic nitrogens is 1. The maximum Gasteiger partial charge on any atom is 0.338 e. The molecule has 1 heterocycles. The van der Waals surface area contributed by atoms with Gasteiger partial charge in [-0.15, -0.1) is 0 Å². The van der Waals surface area contributed by atoms with E-state index in [1.807, 2.05) is 0 Å². The van der Waals surface area contributed by atoms with Gasteiger partial charge in [-0.1, -0.05) is 23.9 Å². The van der Waals surface area contributed by atoms with Crippen LogP contribution in [0.25, 0.3) is 0 Å². The number of hydrogen-bond acceptors (Lipinski definition) is 5. The number of pyridine rings is 1. The summed E-state index contributed by atoms with van der Waals surface area (Å²) in [5, 5.41) is 20.3. The fraction of sp³-hybridized carbons (Fsp3) is 0.143. The van der Waals surface area contributed by atoms with E-state index in [-0.39, 0.29) is 11.3 Å². The Kier molecular flexibility index (Phi) is 4.23. The molecule has 0 saturated heterocycles. The van der Waals surface area contributed by atoms with Crippen LogP contribution in [0, 0.1) is 24.0 Å². The highest BCUT2D eigenvalue weighted by molar-refractivity contribution is 7.99. The first-order valence-electron chi connectivity index (χ1n) is 6.03. The van der Waals surface area contributed by atoms with Gasteiger partial charge in [0.2, 0.25) is 0 Å². The minimum absolute atomic E-state index is 0.0500. The number of nitrogens with zero attached hydrogens (tertiary/aromatic N) is 2. The van der Waals surface area contributed by atoms with Gasteiger partial charge in [-0.3, -0.25) is 15.1 Å². The van der Waals surface area contributed by atoms with Crippen LogP contribution in [0.1, 0.15) is 21.7 Å². The quantitative estimate of drug-likeness (QED) is 0.686. The van der Waals surface area contributed by atoms with E-state index in [9.17, 15) is 20.0 Å². The largest absolute Gasteiger partial charge is 0.478 e. The molecule has 0 bridgehead atoms. The van der Waals surface area contributed by atoms with Gasteiger partial charge in [0.15, 0.2) is 0 Å². The highest BCUT2D eigenvalue weighted by Crippen LogP contribution is 2.37. The van der Waals surface area contributed by atoms with Crippen molar-refractivity contribution < 1.29 is 14.8 Å². The summed E-state index contributed by atoms with van der Waals surface area (Å²) >= 11 is 1.06. The van der Waals surface area contributed by atoms with Crippen LogP contribution in [0.15, 0.2) is 40.1 Å². The Hall–Kier alpha value is -2.41. The van der Waals surface area contributed by atoms with Crippen LogP contribution in [0.3, 0.4) is 0 Å². The van der Waals surface area contributed by atoms with E-state index in [0.717, 1.165) is 11.8 Å². The number of benzene rings is 1. The zero-order chi connectivity index (χ0) is 15.6. The zero-order valence-corrected chi connectivity index (χ0v) is 12.2. The first-order valence-corrected chi connectivity index (χ1v) is 6.84. The third-order valence-electron chi connectivity index (χ3n) is 2.79. The summed E-state index contributed by atoms with van der Waals surface area (Å²) in [4.78, 5) is 26.9. The Bertz CT molecular complexity index is 731. The lowest BCUT2D eigenvalue weighted by molar-refractivity contribution is -0.387. The molecule has 0 spiro atoms. The Balaban J connectivity index is 2.54. The van der Waals surface area contributed by atoms with Crippen LogP contribution < -0.4 is 0 Å². The molecule has 0 unspecified atom stereocenters. The second kappa shape index (κ2) is 5.92. The molecule has 1 aromatic carbocycles. The molecule has 0 atom stereocenters. The minimum atomic E-state index is -1.10. The van der Waals surface area contributed by atoms with E-state index in [1.165, 1.54) is 6.07 Å². The van der Waals surface area contributed by atoms with Crippen LogP contribution in [0.5, 0.6) is 0 Å². The fourth-order valence-corrected chi connectivity index (χ4v) is 3.14. The van der Waals surface area contributed by atoms with Crippen molar-refractivity contribution in [3.8, 4) is 0 Å². The van der Waals surface area contributed by atoms with Gasteiger partial charge in [-0.2, -0.15) is 0 Å². The molecule has 1 aromatic heterocycles. The summed E-state index contributed by atoms with van der Waals surface area (Å²) in [6.07, 6.45) is 0. The number of aromatic carboxylic acids is 1. The predicted molar refractivity (Wildman–Crippen MR) is 77.9 cm³/mol. The number of carbonyl (C=O) groups is 1. The van der Waals surface area contributed by atoms with Gasteiger partial charge in [-0.25, -0.2) is 4.79 Å². The molecule has 2 rings (SSSR count). The van der Waals surface area contributed by atoms with Crippen molar-refractivity contribution in [1.82, 2.24) is 4.98 Å². The molecule has 108 valence electrons. The topological polar surface area (TPSA) is 93.3 Å². The first kappa shape index (κ1) is 15.0. The Morgan fingerprint density at radius 1 is 1.29 bits per heavy atom. The molecule has 2 aromatic rings. The zero-order valence-electron chi connectivity index (χ0n) is 11.4. The summed E-state index contributed by atoms with van der Waals surface area (Å²) < 4.78 is 0. The monoisotopic (exact) mass is 304 g/mol. The van der Waals surface area contributed by atoms with Crippen LogP contribution >= 0.6 is 11.8 Å². The summed E-state index contributed by atoms with van der Waals surface area (Å²) in [5.74, 6) is -1.10. The fourth-order valence-electron chi connectivity index (χ4n) is 1.95.